The number of aromatic amines is 1. The largest absolute Gasteiger partial charge is 0.370 e. The molecule has 2 aromatic heterocycles. The van der Waals surface area contributed by atoms with Gasteiger partial charge in [-0.3, -0.25) is 4.98 Å². The number of hydrogen-bond acceptors (Lipinski definition) is 5. The average molecular weight is 235 g/mol. The number of aromatic nitrogens is 4. The second-order valence-corrected chi connectivity index (χ2v) is 4.28. The summed E-state index contributed by atoms with van der Waals surface area (Å²) >= 11 is 0. The molecule has 17 heavy (non-hydrogen) atoms. The first-order valence-electron chi connectivity index (χ1n) is 5.54. The fourth-order valence-corrected chi connectivity index (χ4v) is 2.18. The maximum atomic E-state index is 11.6. The normalized spacial score (nSPS) is 24.5. The van der Waals surface area contributed by atoms with Gasteiger partial charge in [-0.1, -0.05) is 0 Å². The van der Waals surface area contributed by atoms with Gasteiger partial charge >= 0.3 is 5.69 Å². The molecule has 3 heterocycles. The van der Waals surface area contributed by atoms with Gasteiger partial charge in [0, 0.05) is 5.56 Å². The van der Waals surface area contributed by atoms with Crippen molar-refractivity contribution in [2.24, 2.45) is 0 Å². The van der Waals surface area contributed by atoms with Gasteiger partial charge in [0.25, 0.3) is 0 Å². The van der Waals surface area contributed by atoms with Crippen LogP contribution in [0.1, 0.15) is 31.4 Å². The molecular weight excluding hydrogens is 222 g/mol. The van der Waals surface area contributed by atoms with Gasteiger partial charge in [-0.25, -0.2) is 4.79 Å². The Kier molecular flexibility index (Phi) is 2.15. The van der Waals surface area contributed by atoms with E-state index in [1.807, 2.05) is 6.92 Å². The Morgan fingerprint density at radius 1 is 1.59 bits per heavy atom. The van der Waals surface area contributed by atoms with Crippen molar-refractivity contribution in [3.05, 3.63) is 22.2 Å². The number of nitrogens with zero attached hydrogens (tertiary/aromatic N) is 3. The van der Waals surface area contributed by atoms with E-state index in [1.54, 1.807) is 6.20 Å². The number of anilines is 1. The molecule has 3 rings (SSSR count). The van der Waals surface area contributed by atoms with Crippen LogP contribution in [0, 0.1) is 0 Å². The van der Waals surface area contributed by atoms with E-state index in [4.69, 9.17) is 10.5 Å². The Hall–Kier alpha value is -1.89. The molecule has 0 aromatic carbocycles. The summed E-state index contributed by atoms with van der Waals surface area (Å²) in [6, 6.07) is 0. The third-order valence-corrected chi connectivity index (χ3v) is 3.00. The molecule has 7 nitrogen and oxygen atoms in total. The molecule has 2 atom stereocenters. The van der Waals surface area contributed by atoms with Crippen molar-refractivity contribution in [1.82, 2.24) is 19.6 Å². The van der Waals surface area contributed by atoms with Crippen molar-refractivity contribution in [3.63, 3.8) is 0 Å². The molecule has 0 saturated carbocycles. The van der Waals surface area contributed by atoms with Crippen LogP contribution < -0.4 is 11.4 Å². The predicted molar refractivity (Wildman–Crippen MR) is 60.5 cm³/mol. The lowest BCUT2D eigenvalue weighted by molar-refractivity contribution is 0.0562. The lowest BCUT2D eigenvalue weighted by atomic mass is 10.1. The zero-order chi connectivity index (χ0) is 12.0. The number of hydrogen-bond donors (Lipinski definition) is 2. The fraction of sp³-hybridized carbons (Fsp3) is 0.500. The molecule has 0 bridgehead atoms. The molecule has 1 aliphatic rings. The maximum Gasteiger partial charge on any atom is 0.350 e. The quantitative estimate of drug-likeness (QED) is 0.737. The summed E-state index contributed by atoms with van der Waals surface area (Å²) in [5.41, 5.74) is 6.45. The number of ether oxygens (including phenoxy) is 1. The SMILES string of the molecule is CC1CCC(c2cnn3c(=O)[nH]c(N)nc23)O1. The molecule has 0 radical (unpaired) electrons. The van der Waals surface area contributed by atoms with Gasteiger partial charge in [-0.15, -0.1) is 0 Å². The van der Waals surface area contributed by atoms with Crippen LogP contribution in [0.25, 0.3) is 5.65 Å². The van der Waals surface area contributed by atoms with E-state index in [2.05, 4.69) is 15.1 Å². The Bertz CT molecular complexity index is 617. The number of H-pyrrole nitrogens is 1. The van der Waals surface area contributed by atoms with Crippen molar-refractivity contribution in [1.29, 1.82) is 0 Å². The molecule has 2 aromatic rings. The van der Waals surface area contributed by atoms with Crippen molar-refractivity contribution in [3.8, 4) is 0 Å². The van der Waals surface area contributed by atoms with Crippen LogP contribution in [0.4, 0.5) is 5.95 Å². The lowest BCUT2D eigenvalue weighted by Crippen LogP contribution is -2.20. The zero-order valence-corrected chi connectivity index (χ0v) is 9.38. The molecule has 90 valence electrons. The second-order valence-electron chi connectivity index (χ2n) is 4.28. The average Bonchev–Trinajstić information content (AvgIpc) is 2.83. The minimum Gasteiger partial charge on any atom is -0.370 e. The second kappa shape index (κ2) is 3.56. The van der Waals surface area contributed by atoms with Gasteiger partial charge in [0.1, 0.15) is 0 Å². The van der Waals surface area contributed by atoms with Gasteiger partial charge in [-0.2, -0.15) is 14.6 Å². The number of fused-ring (bicyclic) bond motifs is 1. The first-order chi connectivity index (χ1) is 8.15. The van der Waals surface area contributed by atoms with Crippen LogP contribution in [0.3, 0.4) is 0 Å². The number of nitrogen functional groups attached to an aromatic ring is 1. The van der Waals surface area contributed by atoms with E-state index < -0.39 is 0 Å². The highest BCUT2D eigenvalue weighted by molar-refractivity contribution is 5.49. The molecule has 3 N–H and O–H groups in total. The summed E-state index contributed by atoms with van der Waals surface area (Å²) in [5, 5.41) is 4.00. The topological polar surface area (TPSA) is 98.3 Å². The summed E-state index contributed by atoms with van der Waals surface area (Å²) in [4.78, 5) is 18.1. The van der Waals surface area contributed by atoms with E-state index in [-0.39, 0.29) is 23.8 Å². The third-order valence-electron chi connectivity index (χ3n) is 3.00. The van der Waals surface area contributed by atoms with Crippen LogP contribution in [-0.4, -0.2) is 25.7 Å². The monoisotopic (exact) mass is 235 g/mol. The first-order valence-corrected chi connectivity index (χ1v) is 5.54. The maximum absolute atomic E-state index is 11.6. The minimum absolute atomic E-state index is 0.0452. The molecular formula is C10H13N5O2. The standard InChI is InChI=1S/C10H13N5O2/c1-5-2-3-7(17-5)6-4-12-15-8(6)13-9(11)14-10(15)16/h4-5,7H,2-3H2,1H3,(H3,11,13,14,16). The van der Waals surface area contributed by atoms with Crippen LogP contribution in [0.15, 0.2) is 11.0 Å². The molecule has 2 unspecified atom stereocenters. The summed E-state index contributed by atoms with van der Waals surface area (Å²) in [6.07, 6.45) is 3.72. The van der Waals surface area contributed by atoms with Crippen LogP contribution in [0.2, 0.25) is 0 Å². The van der Waals surface area contributed by atoms with E-state index in [9.17, 15) is 4.79 Å². The lowest BCUT2D eigenvalue weighted by Gasteiger charge is -2.08. The van der Waals surface area contributed by atoms with Crippen LogP contribution in [0.5, 0.6) is 0 Å². The van der Waals surface area contributed by atoms with Crippen molar-refractivity contribution >= 4 is 11.6 Å². The Morgan fingerprint density at radius 2 is 2.41 bits per heavy atom. The van der Waals surface area contributed by atoms with Crippen molar-refractivity contribution in [2.75, 3.05) is 5.73 Å². The first kappa shape index (κ1) is 10.3. The molecule has 0 aliphatic carbocycles. The highest BCUT2D eigenvalue weighted by atomic mass is 16.5. The molecule has 7 heteroatoms. The Labute approximate surface area is 96.6 Å². The Morgan fingerprint density at radius 3 is 3.12 bits per heavy atom. The number of nitrogens with two attached hydrogens (primary N) is 1. The van der Waals surface area contributed by atoms with Gasteiger partial charge < -0.3 is 10.5 Å². The molecule has 1 aliphatic heterocycles. The van der Waals surface area contributed by atoms with E-state index in [1.165, 1.54) is 4.52 Å². The van der Waals surface area contributed by atoms with Gasteiger partial charge in [-0.05, 0) is 19.8 Å². The van der Waals surface area contributed by atoms with Crippen LogP contribution >= 0.6 is 0 Å². The van der Waals surface area contributed by atoms with Crippen molar-refractivity contribution in [2.45, 2.75) is 32.0 Å². The fourth-order valence-electron chi connectivity index (χ4n) is 2.18. The smallest absolute Gasteiger partial charge is 0.350 e. The van der Waals surface area contributed by atoms with Gasteiger partial charge in [0.15, 0.2) is 5.65 Å². The molecule has 1 saturated heterocycles. The van der Waals surface area contributed by atoms with Gasteiger partial charge in [0.2, 0.25) is 5.95 Å². The summed E-state index contributed by atoms with van der Waals surface area (Å²) in [5.74, 6) is 0.0929. The third kappa shape index (κ3) is 1.59. The van der Waals surface area contributed by atoms with E-state index in [0.29, 0.717) is 5.65 Å². The number of nitrogens with one attached hydrogen (secondary N) is 1. The minimum atomic E-state index is -0.384. The Balaban J connectivity index is 2.15. The summed E-state index contributed by atoms with van der Waals surface area (Å²) in [6.45, 7) is 2.03. The summed E-state index contributed by atoms with van der Waals surface area (Å²) < 4.78 is 6.95. The number of rotatable bonds is 1. The van der Waals surface area contributed by atoms with Crippen molar-refractivity contribution < 1.29 is 4.74 Å². The highest BCUT2D eigenvalue weighted by Gasteiger charge is 2.27. The molecule has 0 spiro atoms. The van der Waals surface area contributed by atoms with Crippen LogP contribution in [-0.2, 0) is 4.74 Å². The predicted octanol–water partition coefficient (Wildman–Crippen LogP) is 0.240. The van der Waals surface area contributed by atoms with E-state index in [0.717, 1.165) is 18.4 Å². The highest BCUT2D eigenvalue weighted by Crippen LogP contribution is 2.33. The zero-order valence-electron chi connectivity index (χ0n) is 9.38. The summed E-state index contributed by atoms with van der Waals surface area (Å²) in [7, 11) is 0. The van der Waals surface area contributed by atoms with Gasteiger partial charge in [0.05, 0.1) is 18.4 Å². The molecule has 1 fully saturated rings. The van der Waals surface area contributed by atoms with E-state index >= 15 is 0 Å². The molecule has 0 amide bonds.